The minimum Gasteiger partial charge on any atom is -0.369 e. The number of anilines is 2. The maximum Gasteiger partial charge on any atom is 0.270 e. The number of carbonyl (C=O) groups excluding carboxylic acids is 2. The topological polar surface area (TPSA) is 52.7 Å². The van der Waals surface area contributed by atoms with Crippen molar-refractivity contribution in [3.05, 3.63) is 64.5 Å². The molecule has 2 saturated heterocycles. The molecule has 5 nitrogen and oxygen atoms in total. The van der Waals surface area contributed by atoms with E-state index in [0.29, 0.717) is 23.4 Å². The Morgan fingerprint density at radius 2 is 1.84 bits per heavy atom. The third-order valence-corrected chi connectivity index (χ3v) is 6.08. The highest BCUT2D eigenvalue weighted by molar-refractivity contribution is 7.80. The predicted molar refractivity (Wildman–Crippen MR) is 125 cm³/mol. The monoisotopic (exact) mass is 437 g/mol. The van der Waals surface area contributed by atoms with E-state index in [1.54, 1.807) is 12.1 Å². The van der Waals surface area contributed by atoms with E-state index >= 15 is 0 Å². The molecule has 2 amide bonds. The van der Waals surface area contributed by atoms with Crippen LogP contribution in [-0.2, 0) is 16.0 Å². The zero-order valence-corrected chi connectivity index (χ0v) is 18.4. The molecule has 160 valence electrons. The number of amides is 2. The van der Waals surface area contributed by atoms with Gasteiger partial charge in [-0.15, -0.1) is 0 Å². The van der Waals surface area contributed by atoms with Crippen LogP contribution in [0.1, 0.15) is 36.5 Å². The standard InChI is InChI=1S/C24H24FN3O2S/c1-3-16-8-4-5-9-20(16)28-23(30)18(22(29)26-24(28)31)13-17-14-19(25)21(12-15(17)2)27-10-6-7-11-27/h4-5,8-9,12-14H,3,6-7,10-11H2,1-2H3,(H,26,29,31). The highest BCUT2D eigenvalue weighted by atomic mass is 32.1. The van der Waals surface area contributed by atoms with Crippen LogP contribution in [0.3, 0.4) is 0 Å². The van der Waals surface area contributed by atoms with Crippen molar-refractivity contribution >= 4 is 46.6 Å². The van der Waals surface area contributed by atoms with Gasteiger partial charge < -0.3 is 4.90 Å². The maximum absolute atomic E-state index is 14.8. The Bertz CT molecular complexity index is 1110. The minimum atomic E-state index is -0.580. The first-order chi connectivity index (χ1) is 14.9. The number of benzene rings is 2. The number of rotatable bonds is 4. The molecule has 2 aliphatic rings. The van der Waals surface area contributed by atoms with E-state index in [4.69, 9.17) is 12.2 Å². The Kier molecular flexibility index (Phi) is 5.87. The highest BCUT2D eigenvalue weighted by Gasteiger charge is 2.35. The van der Waals surface area contributed by atoms with E-state index in [9.17, 15) is 14.0 Å². The lowest BCUT2D eigenvalue weighted by molar-refractivity contribution is -0.122. The Labute approximate surface area is 186 Å². The average molecular weight is 438 g/mol. The van der Waals surface area contributed by atoms with E-state index in [1.807, 2.05) is 36.9 Å². The Balaban J connectivity index is 1.73. The van der Waals surface area contributed by atoms with Gasteiger partial charge in [-0.2, -0.15) is 0 Å². The van der Waals surface area contributed by atoms with Crippen molar-refractivity contribution < 1.29 is 14.0 Å². The van der Waals surface area contributed by atoms with Crippen LogP contribution in [-0.4, -0.2) is 30.0 Å². The summed E-state index contributed by atoms with van der Waals surface area (Å²) >= 11 is 5.29. The number of aryl methyl sites for hydroxylation is 2. The Morgan fingerprint density at radius 3 is 2.55 bits per heavy atom. The zero-order chi connectivity index (χ0) is 22.1. The first-order valence-corrected chi connectivity index (χ1v) is 10.9. The van der Waals surface area contributed by atoms with Gasteiger partial charge in [0.1, 0.15) is 11.4 Å². The summed E-state index contributed by atoms with van der Waals surface area (Å²) in [4.78, 5) is 29.3. The number of thiocarbonyl (C=S) groups is 1. The van der Waals surface area contributed by atoms with Crippen LogP contribution < -0.4 is 15.1 Å². The quantitative estimate of drug-likeness (QED) is 0.444. The van der Waals surface area contributed by atoms with Crippen molar-refractivity contribution in [2.75, 3.05) is 22.9 Å². The molecule has 2 heterocycles. The summed E-state index contributed by atoms with van der Waals surface area (Å²) in [7, 11) is 0. The number of para-hydroxylation sites is 1. The Hall–Kier alpha value is -3.06. The normalized spacial score (nSPS) is 18.2. The number of halogens is 1. The lowest BCUT2D eigenvalue weighted by Crippen LogP contribution is -2.54. The third kappa shape index (κ3) is 3.97. The fraction of sp³-hybridized carbons (Fsp3) is 0.292. The molecule has 0 aliphatic carbocycles. The van der Waals surface area contributed by atoms with Crippen molar-refractivity contribution in [1.29, 1.82) is 0 Å². The minimum absolute atomic E-state index is 0.0420. The largest absolute Gasteiger partial charge is 0.369 e. The van der Waals surface area contributed by atoms with Crippen LogP contribution in [0.15, 0.2) is 42.0 Å². The molecule has 0 bridgehead atoms. The molecule has 31 heavy (non-hydrogen) atoms. The van der Waals surface area contributed by atoms with Crippen LogP contribution in [0.2, 0.25) is 0 Å². The number of nitrogens with one attached hydrogen (secondary N) is 1. The van der Waals surface area contributed by atoms with Gasteiger partial charge in [0.2, 0.25) is 0 Å². The summed E-state index contributed by atoms with van der Waals surface area (Å²) in [6.07, 6.45) is 4.26. The Morgan fingerprint density at radius 1 is 1.13 bits per heavy atom. The highest BCUT2D eigenvalue weighted by Crippen LogP contribution is 2.30. The van der Waals surface area contributed by atoms with Gasteiger partial charge in [0.15, 0.2) is 5.11 Å². The number of hydrogen-bond acceptors (Lipinski definition) is 4. The summed E-state index contributed by atoms with van der Waals surface area (Å²) in [5.74, 6) is -1.45. The summed E-state index contributed by atoms with van der Waals surface area (Å²) in [6, 6.07) is 10.6. The first-order valence-electron chi connectivity index (χ1n) is 10.4. The summed E-state index contributed by atoms with van der Waals surface area (Å²) in [5, 5.41) is 2.64. The molecule has 1 N–H and O–H groups in total. The molecule has 0 unspecified atom stereocenters. The molecular formula is C24H24FN3O2S. The van der Waals surface area contributed by atoms with Gasteiger partial charge in [-0.25, -0.2) is 4.39 Å². The summed E-state index contributed by atoms with van der Waals surface area (Å²) < 4.78 is 14.8. The van der Waals surface area contributed by atoms with Crippen molar-refractivity contribution in [2.45, 2.75) is 33.1 Å². The lowest BCUT2D eigenvalue weighted by Gasteiger charge is -2.30. The van der Waals surface area contributed by atoms with Crippen molar-refractivity contribution in [2.24, 2.45) is 0 Å². The first kappa shape index (κ1) is 21.2. The second kappa shape index (κ2) is 8.59. The summed E-state index contributed by atoms with van der Waals surface area (Å²) in [5.41, 5.74) is 3.36. The van der Waals surface area contributed by atoms with E-state index in [0.717, 1.165) is 37.1 Å². The second-order valence-corrected chi connectivity index (χ2v) is 8.18. The molecule has 0 aromatic heterocycles. The molecule has 4 rings (SSSR count). The maximum atomic E-state index is 14.8. The fourth-order valence-corrected chi connectivity index (χ4v) is 4.37. The molecule has 0 atom stereocenters. The second-order valence-electron chi connectivity index (χ2n) is 7.79. The van der Waals surface area contributed by atoms with E-state index < -0.39 is 11.8 Å². The number of nitrogens with zero attached hydrogens (tertiary/aromatic N) is 2. The van der Waals surface area contributed by atoms with Crippen LogP contribution >= 0.6 is 12.2 Å². The van der Waals surface area contributed by atoms with Gasteiger partial charge in [0.05, 0.1) is 11.4 Å². The summed E-state index contributed by atoms with van der Waals surface area (Å²) in [6.45, 7) is 5.51. The molecule has 0 radical (unpaired) electrons. The third-order valence-electron chi connectivity index (χ3n) is 5.80. The smallest absolute Gasteiger partial charge is 0.270 e. The van der Waals surface area contributed by atoms with E-state index in [1.165, 1.54) is 17.0 Å². The van der Waals surface area contributed by atoms with Gasteiger partial charge in [-0.3, -0.25) is 19.8 Å². The van der Waals surface area contributed by atoms with Gasteiger partial charge in [-0.05, 0) is 79.4 Å². The number of hydrogen-bond donors (Lipinski definition) is 1. The van der Waals surface area contributed by atoms with Crippen LogP contribution in [0, 0.1) is 12.7 Å². The molecule has 2 aliphatic heterocycles. The molecule has 2 fully saturated rings. The fourth-order valence-electron chi connectivity index (χ4n) is 4.10. The van der Waals surface area contributed by atoms with E-state index in [-0.39, 0.29) is 16.5 Å². The molecule has 7 heteroatoms. The SMILES string of the molecule is CCc1ccccc1N1C(=O)C(=Cc2cc(F)c(N3CCCC3)cc2C)C(=O)NC1=S. The molecule has 2 aromatic carbocycles. The molecule has 2 aromatic rings. The zero-order valence-electron chi connectivity index (χ0n) is 17.6. The van der Waals surface area contributed by atoms with Gasteiger partial charge in [0.25, 0.3) is 11.8 Å². The van der Waals surface area contributed by atoms with Gasteiger partial charge in [-0.1, -0.05) is 25.1 Å². The molecule has 0 saturated carbocycles. The van der Waals surface area contributed by atoms with Crippen molar-refractivity contribution in [1.82, 2.24) is 5.32 Å². The van der Waals surface area contributed by atoms with Crippen LogP contribution in [0.4, 0.5) is 15.8 Å². The van der Waals surface area contributed by atoms with Gasteiger partial charge in [0, 0.05) is 13.1 Å². The number of carbonyl (C=O) groups is 2. The van der Waals surface area contributed by atoms with Crippen molar-refractivity contribution in [3.63, 3.8) is 0 Å². The average Bonchev–Trinajstić information content (AvgIpc) is 3.28. The molecular weight excluding hydrogens is 413 g/mol. The van der Waals surface area contributed by atoms with E-state index in [2.05, 4.69) is 5.32 Å². The van der Waals surface area contributed by atoms with Crippen molar-refractivity contribution in [3.8, 4) is 0 Å². The predicted octanol–water partition coefficient (Wildman–Crippen LogP) is 4.13. The van der Waals surface area contributed by atoms with Crippen LogP contribution in [0.5, 0.6) is 0 Å². The van der Waals surface area contributed by atoms with Gasteiger partial charge >= 0.3 is 0 Å². The van der Waals surface area contributed by atoms with Crippen LogP contribution in [0.25, 0.3) is 6.08 Å². The molecule has 0 spiro atoms. The lowest BCUT2D eigenvalue weighted by atomic mass is 10.0.